The second-order valence-corrected chi connectivity index (χ2v) is 4.94. The number of carbonyl (C=O) groups is 2. The molecule has 2 aromatic rings. The minimum atomic E-state index is -4.50. The summed E-state index contributed by atoms with van der Waals surface area (Å²) < 4.78 is 48.1. The van der Waals surface area contributed by atoms with E-state index >= 15 is 0 Å². The topological polar surface area (TPSA) is 64.6 Å². The Balaban J connectivity index is 2.01. The molecule has 0 saturated heterocycles. The largest absolute Gasteiger partial charge is 0.497 e. The van der Waals surface area contributed by atoms with Crippen LogP contribution >= 0.6 is 0 Å². The minimum Gasteiger partial charge on any atom is -0.497 e. The molecule has 0 aromatic heterocycles. The van der Waals surface area contributed by atoms with Gasteiger partial charge in [0.1, 0.15) is 11.5 Å². The molecule has 132 valence electrons. The first kappa shape index (κ1) is 18.3. The maximum Gasteiger partial charge on any atom is 0.416 e. The Morgan fingerprint density at radius 1 is 1.20 bits per heavy atom. The highest BCUT2D eigenvalue weighted by Gasteiger charge is 2.30. The molecule has 2 aromatic carbocycles. The summed E-state index contributed by atoms with van der Waals surface area (Å²) in [6.07, 6.45) is -3.96. The van der Waals surface area contributed by atoms with E-state index in [2.05, 4.69) is 5.32 Å². The molecule has 0 heterocycles. The minimum absolute atomic E-state index is 0.00577. The van der Waals surface area contributed by atoms with Gasteiger partial charge in [-0.2, -0.15) is 13.2 Å². The summed E-state index contributed by atoms with van der Waals surface area (Å²) >= 11 is 0. The fourth-order valence-corrected chi connectivity index (χ4v) is 1.99. The number of amides is 1. The quantitative estimate of drug-likeness (QED) is 0.807. The van der Waals surface area contributed by atoms with Crippen LogP contribution in [0.4, 0.5) is 18.9 Å². The normalized spacial score (nSPS) is 10.9. The van der Waals surface area contributed by atoms with Crippen molar-refractivity contribution in [1.29, 1.82) is 0 Å². The van der Waals surface area contributed by atoms with E-state index in [1.165, 1.54) is 31.4 Å². The molecule has 0 spiro atoms. The zero-order chi connectivity index (χ0) is 18.4. The molecule has 5 nitrogen and oxygen atoms in total. The first-order valence-electron chi connectivity index (χ1n) is 7.06. The van der Waals surface area contributed by atoms with Crippen LogP contribution in [0.3, 0.4) is 0 Å². The van der Waals surface area contributed by atoms with E-state index in [0.29, 0.717) is 12.0 Å². The number of methoxy groups -OCH3 is 1. The Morgan fingerprint density at radius 2 is 1.96 bits per heavy atom. The van der Waals surface area contributed by atoms with Gasteiger partial charge in [0.15, 0.2) is 12.9 Å². The zero-order valence-electron chi connectivity index (χ0n) is 13.1. The van der Waals surface area contributed by atoms with Crippen molar-refractivity contribution >= 4 is 17.9 Å². The number of benzene rings is 2. The van der Waals surface area contributed by atoms with Crippen LogP contribution in [0.25, 0.3) is 0 Å². The van der Waals surface area contributed by atoms with Gasteiger partial charge < -0.3 is 14.8 Å². The van der Waals surface area contributed by atoms with Gasteiger partial charge in [0.25, 0.3) is 5.91 Å². The van der Waals surface area contributed by atoms with Gasteiger partial charge in [-0.25, -0.2) is 0 Å². The van der Waals surface area contributed by atoms with E-state index in [0.717, 1.165) is 12.1 Å². The van der Waals surface area contributed by atoms with Gasteiger partial charge in [-0.15, -0.1) is 0 Å². The number of hydrogen-bond donors (Lipinski definition) is 1. The third-order valence-electron chi connectivity index (χ3n) is 3.18. The summed E-state index contributed by atoms with van der Waals surface area (Å²) in [7, 11) is 1.44. The van der Waals surface area contributed by atoms with Crippen LogP contribution in [0.5, 0.6) is 11.5 Å². The number of hydrogen-bond acceptors (Lipinski definition) is 4. The van der Waals surface area contributed by atoms with Crippen LogP contribution in [-0.4, -0.2) is 25.9 Å². The smallest absolute Gasteiger partial charge is 0.416 e. The summed E-state index contributed by atoms with van der Waals surface area (Å²) in [6, 6.07) is 8.69. The molecule has 8 heteroatoms. The van der Waals surface area contributed by atoms with Crippen LogP contribution in [0.2, 0.25) is 0 Å². The van der Waals surface area contributed by atoms with Gasteiger partial charge in [0.05, 0.1) is 18.2 Å². The second-order valence-electron chi connectivity index (χ2n) is 4.94. The first-order chi connectivity index (χ1) is 11.8. The Kier molecular flexibility index (Phi) is 5.63. The van der Waals surface area contributed by atoms with E-state index in [1.807, 2.05) is 0 Å². The Hall–Kier alpha value is -3.03. The van der Waals surface area contributed by atoms with Crippen LogP contribution in [-0.2, 0) is 11.0 Å². The molecule has 25 heavy (non-hydrogen) atoms. The lowest BCUT2D eigenvalue weighted by molar-refractivity contribution is -0.137. The van der Waals surface area contributed by atoms with Crippen molar-refractivity contribution in [2.24, 2.45) is 0 Å². The highest BCUT2D eigenvalue weighted by atomic mass is 19.4. The summed E-state index contributed by atoms with van der Waals surface area (Å²) in [6.45, 7) is -0.469. The van der Waals surface area contributed by atoms with Crippen molar-refractivity contribution in [2.75, 3.05) is 19.0 Å². The fourth-order valence-electron chi connectivity index (χ4n) is 1.99. The third-order valence-corrected chi connectivity index (χ3v) is 3.18. The summed E-state index contributed by atoms with van der Waals surface area (Å²) in [5.41, 5.74) is -0.690. The van der Waals surface area contributed by atoms with Crippen LogP contribution in [0.15, 0.2) is 42.5 Å². The molecule has 0 saturated carbocycles. The molecular weight excluding hydrogens is 339 g/mol. The average molecular weight is 353 g/mol. The molecule has 0 atom stereocenters. The van der Waals surface area contributed by atoms with Crippen LogP contribution < -0.4 is 14.8 Å². The molecule has 0 aliphatic rings. The number of halogens is 3. The van der Waals surface area contributed by atoms with Gasteiger partial charge in [-0.1, -0.05) is 6.07 Å². The Labute approximate surface area is 141 Å². The molecule has 2 rings (SSSR count). The number of anilines is 1. The lowest BCUT2D eigenvalue weighted by atomic mass is 10.2. The molecule has 0 bridgehead atoms. The van der Waals surface area contributed by atoms with E-state index in [9.17, 15) is 22.8 Å². The average Bonchev–Trinajstić information content (AvgIpc) is 2.59. The monoisotopic (exact) mass is 353 g/mol. The molecule has 0 unspecified atom stereocenters. The SMILES string of the molecule is COc1ccc(OCC(=O)Nc2cccc(C(F)(F)F)c2)c(C=O)c1. The third kappa shape index (κ3) is 4.97. The predicted molar refractivity (Wildman–Crippen MR) is 84.0 cm³/mol. The van der Waals surface area contributed by atoms with Crippen molar-refractivity contribution in [3.8, 4) is 11.5 Å². The Morgan fingerprint density at radius 3 is 2.60 bits per heavy atom. The summed E-state index contributed by atoms with van der Waals surface area (Å²) in [5.74, 6) is -0.0511. The standard InChI is InChI=1S/C17H14F3NO4/c1-24-14-5-6-15(11(7-14)9-22)25-10-16(23)21-13-4-2-3-12(8-13)17(18,19)20/h2-9H,10H2,1H3,(H,21,23). The highest BCUT2D eigenvalue weighted by molar-refractivity contribution is 5.92. The lowest BCUT2D eigenvalue weighted by Crippen LogP contribution is -2.20. The van der Waals surface area contributed by atoms with E-state index in [1.54, 1.807) is 6.07 Å². The fraction of sp³-hybridized carbons (Fsp3) is 0.176. The summed E-state index contributed by atoms with van der Waals surface area (Å²) in [5, 5.41) is 2.31. The van der Waals surface area contributed by atoms with Gasteiger partial charge >= 0.3 is 6.18 Å². The number of carbonyl (C=O) groups excluding carboxylic acids is 2. The number of aldehydes is 1. The highest BCUT2D eigenvalue weighted by Crippen LogP contribution is 2.30. The molecule has 1 N–H and O–H groups in total. The molecule has 0 fully saturated rings. The Bertz CT molecular complexity index is 775. The van der Waals surface area contributed by atoms with Crippen molar-refractivity contribution in [3.05, 3.63) is 53.6 Å². The van der Waals surface area contributed by atoms with Gasteiger partial charge in [-0.3, -0.25) is 9.59 Å². The molecular formula is C17H14F3NO4. The van der Waals surface area contributed by atoms with E-state index < -0.39 is 24.3 Å². The van der Waals surface area contributed by atoms with Crippen LogP contribution in [0, 0.1) is 0 Å². The van der Waals surface area contributed by atoms with Crippen molar-refractivity contribution in [2.45, 2.75) is 6.18 Å². The lowest BCUT2D eigenvalue weighted by Gasteiger charge is -2.11. The van der Waals surface area contributed by atoms with Gasteiger partial charge in [-0.05, 0) is 36.4 Å². The van der Waals surface area contributed by atoms with Gasteiger partial charge in [0, 0.05) is 5.69 Å². The van der Waals surface area contributed by atoms with E-state index in [4.69, 9.17) is 9.47 Å². The summed E-state index contributed by atoms with van der Waals surface area (Å²) in [4.78, 5) is 22.9. The maximum absolute atomic E-state index is 12.6. The van der Waals surface area contributed by atoms with Crippen molar-refractivity contribution in [1.82, 2.24) is 0 Å². The predicted octanol–water partition coefficient (Wildman–Crippen LogP) is 3.54. The van der Waals surface area contributed by atoms with E-state index in [-0.39, 0.29) is 17.0 Å². The molecule has 0 aliphatic carbocycles. The number of nitrogens with one attached hydrogen (secondary N) is 1. The second kappa shape index (κ2) is 7.69. The molecule has 0 aliphatic heterocycles. The van der Waals surface area contributed by atoms with Crippen LogP contribution in [0.1, 0.15) is 15.9 Å². The molecule has 1 amide bonds. The number of alkyl halides is 3. The number of rotatable bonds is 6. The van der Waals surface area contributed by atoms with Crippen molar-refractivity contribution in [3.63, 3.8) is 0 Å². The van der Waals surface area contributed by atoms with Gasteiger partial charge in [0.2, 0.25) is 0 Å². The first-order valence-corrected chi connectivity index (χ1v) is 7.06. The van der Waals surface area contributed by atoms with Crippen molar-refractivity contribution < 1.29 is 32.2 Å². The maximum atomic E-state index is 12.6. The number of ether oxygens (including phenoxy) is 2. The zero-order valence-corrected chi connectivity index (χ0v) is 13.1. The molecule has 0 radical (unpaired) electrons.